The summed E-state index contributed by atoms with van der Waals surface area (Å²) >= 11 is 3.55. The third kappa shape index (κ3) is 7.06. The number of benzene rings is 2. The summed E-state index contributed by atoms with van der Waals surface area (Å²) in [5.41, 5.74) is 3.68. The maximum Gasteiger partial charge on any atom is 0.340 e. The van der Waals surface area contributed by atoms with Gasteiger partial charge in [-0.3, -0.25) is 0 Å². The highest BCUT2D eigenvalue weighted by atomic mass is 79.9. The van der Waals surface area contributed by atoms with Crippen LogP contribution >= 0.6 is 15.9 Å². The minimum absolute atomic E-state index is 0.110. The molecule has 0 amide bonds. The molecule has 1 saturated carbocycles. The van der Waals surface area contributed by atoms with Gasteiger partial charge in [-0.2, -0.15) is 0 Å². The number of aryl methyl sites for hydroxylation is 1. The van der Waals surface area contributed by atoms with E-state index < -0.39 is 12.1 Å². The summed E-state index contributed by atoms with van der Waals surface area (Å²) in [5, 5.41) is 0. The molecule has 5 heteroatoms. The smallest absolute Gasteiger partial charge is 0.340 e. The summed E-state index contributed by atoms with van der Waals surface area (Å²) in [4.78, 5) is 11.9. The van der Waals surface area contributed by atoms with E-state index in [1.807, 2.05) is 13.0 Å². The Hall–Kier alpha value is -1.88. The molecule has 3 rings (SSSR count). The van der Waals surface area contributed by atoms with E-state index in [9.17, 15) is 9.18 Å². The highest BCUT2D eigenvalue weighted by molar-refractivity contribution is 9.10. The van der Waals surface area contributed by atoms with E-state index in [1.165, 1.54) is 11.1 Å². The molecule has 0 aromatic heterocycles. The molecular weight excluding hydrogens is 471 g/mol. The van der Waals surface area contributed by atoms with Gasteiger partial charge in [-0.05, 0) is 95.6 Å². The lowest BCUT2D eigenvalue weighted by Crippen LogP contribution is -2.29. The number of ether oxygens (including phenoxy) is 2. The average Bonchev–Trinajstić information content (AvgIpc) is 2.82. The molecule has 0 heterocycles. The summed E-state index contributed by atoms with van der Waals surface area (Å²) in [7, 11) is 1.67. The fraction of sp³-hybridized carbons (Fsp3) is 0.519. The van der Waals surface area contributed by atoms with Crippen LogP contribution in [0.15, 0.2) is 46.9 Å². The van der Waals surface area contributed by atoms with Gasteiger partial charge in [0.15, 0.2) is 6.17 Å². The van der Waals surface area contributed by atoms with Gasteiger partial charge in [0, 0.05) is 0 Å². The second-order valence-electron chi connectivity index (χ2n) is 8.77. The van der Waals surface area contributed by atoms with Crippen LogP contribution in [0.4, 0.5) is 4.39 Å². The second-order valence-corrected chi connectivity index (χ2v) is 9.63. The fourth-order valence-electron chi connectivity index (χ4n) is 4.36. The van der Waals surface area contributed by atoms with E-state index in [1.54, 1.807) is 7.11 Å². The van der Waals surface area contributed by atoms with Crippen LogP contribution < -0.4 is 4.74 Å². The van der Waals surface area contributed by atoms with E-state index in [-0.39, 0.29) is 12.5 Å². The van der Waals surface area contributed by atoms with Crippen molar-refractivity contribution in [2.24, 2.45) is 5.92 Å². The predicted molar refractivity (Wildman–Crippen MR) is 131 cm³/mol. The van der Waals surface area contributed by atoms with Crippen molar-refractivity contribution in [3.05, 3.63) is 52.5 Å². The standard InChI is InChI=1S/C27H34BrFO3/c1-3-4-5-25(29)27(30)32-23-15-10-20(11-16-23)7-6-19-8-12-21(13-9-19)22-14-17-26(31-2)24(28)18-22/h8-9,12-14,17-18,20,23,25H,3-7,10-11,15-16H2,1-2H3/t20-,23-,25-/m0/s1. The molecule has 0 spiro atoms. The minimum Gasteiger partial charge on any atom is -0.496 e. The number of esters is 1. The summed E-state index contributed by atoms with van der Waals surface area (Å²) in [5.74, 6) is 0.810. The maximum atomic E-state index is 13.8. The van der Waals surface area contributed by atoms with Crippen molar-refractivity contribution in [2.45, 2.75) is 77.0 Å². The Bertz CT molecular complexity index is 860. The first-order valence-electron chi connectivity index (χ1n) is 11.8. The molecule has 2 aromatic rings. The second kappa shape index (κ2) is 12.4. The molecule has 0 saturated heterocycles. The van der Waals surface area contributed by atoms with Gasteiger partial charge in [-0.25, -0.2) is 9.18 Å². The molecule has 1 aliphatic rings. The molecule has 0 aliphatic heterocycles. The Morgan fingerprint density at radius 1 is 1.09 bits per heavy atom. The zero-order valence-corrected chi connectivity index (χ0v) is 20.7. The number of unbranched alkanes of at least 4 members (excludes halogenated alkanes) is 1. The van der Waals surface area contributed by atoms with Crippen LogP contribution in [0.3, 0.4) is 0 Å². The van der Waals surface area contributed by atoms with Gasteiger partial charge < -0.3 is 9.47 Å². The van der Waals surface area contributed by atoms with Gasteiger partial charge in [0.1, 0.15) is 11.9 Å². The largest absolute Gasteiger partial charge is 0.496 e. The first kappa shape index (κ1) is 24.8. The molecule has 0 unspecified atom stereocenters. The number of rotatable bonds is 10. The molecular formula is C27H34BrFO3. The predicted octanol–water partition coefficient (Wildman–Crippen LogP) is 7.69. The van der Waals surface area contributed by atoms with Crippen molar-refractivity contribution in [1.82, 2.24) is 0 Å². The number of halogens is 2. The van der Waals surface area contributed by atoms with Crippen molar-refractivity contribution < 1.29 is 18.7 Å². The summed E-state index contributed by atoms with van der Waals surface area (Å²) in [6.07, 6.45) is 6.29. The van der Waals surface area contributed by atoms with E-state index in [0.29, 0.717) is 5.92 Å². The SMILES string of the molecule is CCCC[C@H](F)C(=O)O[C@H]1CC[C@H](CCc2ccc(-c3ccc(OC)c(Br)c3)cc2)CC1. The lowest BCUT2D eigenvalue weighted by molar-refractivity contribution is -0.157. The Labute approximate surface area is 199 Å². The summed E-state index contributed by atoms with van der Waals surface area (Å²) < 4.78 is 25.5. The number of methoxy groups -OCH3 is 1. The minimum atomic E-state index is -1.46. The van der Waals surface area contributed by atoms with Gasteiger partial charge in [-0.1, -0.05) is 50.1 Å². The topological polar surface area (TPSA) is 35.5 Å². The molecule has 32 heavy (non-hydrogen) atoms. The van der Waals surface area contributed by atoms with Crippen molar-refractivity contribution in [3.63, 3.8) is 0 Å². The van der Waals surface area contributed by atoms with Gasteiger partial charge in [0.2, 0.25) is 0 Å². The zero-order chi connectivity index (χ0) is 22.9. The molecule has 0 N–H and O–H groups in total. The normalized spacial score (nSPS) is 19.4. The monoisotopic (exact) mass is 504 g/mol. The number of hydrogen-bond donors (Lipinski definition) is 0. The highest BCUT2D eigenvalue weighted by Gasteiger charge is 2.27. The molecule has 3 nitrogen and oxygen atoms in total. The van der Waals surface area contributed by atoms with Crippen molar-refractivity contribution in [2.75, 3.05) is 7.11 Å². The number of carbonyl (C=O) groups excluding carboxylic acids is 1. The summed E-state index contributed by atoms with van der Waals surface area (Å²) in [6, 6.07) is 14.9. The van der Waals surface area contributed by atoms with Crippen LogP contribution in [0, 0.1) is 5.92 Å². The van der Waals surface area contributed by atoms with Crippen LogP contribution in [-0.4, -0.2) is 25.4 Å². The van der Waals surface area contributed by atoms with Crippen molar-refractivity contribution >= 4 is 21.9 Å². The van der Waals surface area contributed by atoms with Crippen molar-refractivity contribution in [3.8, 4) is 16.9 Å². The molecule has 1 aliphatic carbocycles. The maximum absolute atomic E-state index is 13.8. The lowest BCUT2D eigenvalue weighted by atomic mass is 9.83. The van der Waals surface area contributed by atoms with Crippen LogP contribution in [0.25, 0.3) is 11.1 Å². The zero-order valence-electron chi connectivity index (χ0n) is 19.1. The lowest BCUT2D eigenvalue weighted by Gasteiger charge is -2.28. The van der Waals surface area contributed by atoms with Crippen LogP contribution in [0.1, 0.15) is 63.9 Å². The molecule has 174 valence electrons. The molecule has 1 atom stereocenters. The first-order valence-corrected chi connectivity index (χ1v) is 12.6. The third-order valence-electron chi connectivity index (χ3n) is 6.42. The van der Waals surface area contributed by atoms with Crippen molar-refractivity contribution in [1.29, 1.82) is 0 Å². The highest BCUT2D eigenvalue weighted by Crippen LogP contribution is 2.32. The number of hydrogen-bond acceptors (Lipinski definition) is 3. The quantitative estimate of drug-likeness (QED) is 0.311. The Balaban J connectivity index is 1.42. The average molecular weight is 505 g/mol. The van der Waals surface area contributed by atoms with Crippen LogP contribution in [-0.2, 0) is 16.0 Å². The Morgan fingerprint density at radius 2 is 1.78 bits per heavy atom. The van der Waals surface area contributed by atoms with E-state index in [2.05, 4.69) is 52.3 Å². The summed E-state index contributed by atoms with van der Waals surface area (Å²) in [6.45, 7) is 1.99. The van der Waals surface area contributed by atoms with E-state index >= 15 is 0 Å². The van der Waals surface area contributed by atoms with Gasteiger partial charge >= 0.3 is 5.97 Å². The number of carbonyl (C=O) groups is 1. The number of alkyl halides is 1. The molecule has 1 fully saturated rings. The van der Waals surface area contributed by atoms with Gasteiger partial charge in [-0.15, -0.1) is 0 Å². The van der Waals surface area contributed by atoms with E-state index in [0.717, 1.165) is 67.2 Å². The molecule has 0 radical (unpaired) electrons. The molecule has 2 aromatic carbocycles. The Morgan fingerprint density at radius 3 is 2.41 bits per heavy atom. The third-order valence-corrected chi connectivity index (χ3v) is 7.04. The molecule has 0 bridgehead atoms. The Kier molecular flexibility index (Phi) is 9.58. The van der Waals surface area contributed by atoms with E-state index in [4.69, 9.17) is 9.47 Å². The van der Waals surface area contributed by atoms with Gasteiger partial charge in [0.25, 0.3) is 0 Å². The fourth-order valence-corrected chi connectivity index (χ4v) is 4.90. The van der Waals surface area contributed by atoms with Crippen LogP contribution in [0.2, 0.25) is 0 Å². The first-order chi connectivity index (χ1) is 15.5. The van der Waals surface area contributed by atoms with Gasteiger partial charge in [0.05, 0.1) is 11.6 Å². The van der Waals surface area contributed by atoms with Crippen LogP contribution in [0.5, 0.6) is 5.75 Å².